The van der Waals surface area contributed by atoms with E-state index in [1.807, 2.05) is 69.0 Å². The Morgan fingerprint density at radius 2 is 1.70 bits per heavy atom. The first-order valence-corrected chi connectivity index (χ1v) is 11.3. The molecule has 2 unspecified atom stereocenters. The largest absolute Gasteiger partial charge is 0.444 e. The van der Waals surface area contributed by atoms with Gasteiger partial charge >= 0.3 is 6.09 Å². The minimum atomic E-state index is -0.611. The van der Waals surface area contributed by atoms with E-state index in [9.17, 15) is 4.79 Å². The van der Waals surface area contributed by atoms with Gasteiger partial charge < -0.3 is 9.47 Å². The van der Waals surface area contributed by atoms with E-state index in [-0.39, 0.29) is 18.2 Å². The van der Waals surface area contributed by atoms with Gasteiger partial charge in [-0.05, 0) is 70.7 Å². The van der Waals surface area contributed by atoms with Crippen molar-refractivity contribution in [1.29, 1.82) is 0 Å². The van der Waals surface area contributed by atoms with Crippen LogP contribution in [0.2, 0.25) is 0 Å². The summed E-state index contributed by atoms with van der Waals surface area (Å²) in [5.74, 6) is 0.906. The second-order valence-corrected chi connectivity index (χ2v) is 9.23. The fourth-order valence-corrected chi connectivity index (χ4v) is 4.16. The van der Waals surface area contributed by atoms with Crippen LogP contribution in [0.5, 0.6) is 11.8 Å². The molecule has 1 fully saturated rings. The third kappa shape index (κ3) is 5.48. The summed E-state index contributed by atoms with van der Waals surface area (Å²) in [4.78, 5) is 28.9. The number of ether oxygens (including phenoxy) is 2. The highest BCUT2D eigenvalue weighted by molar-refractivity contribution is 5.70. The van der Waals surface area contributed by atoms with Crippen LogP contribution in [0.25, 0.3) is 0 Å². The number of aryl methyl sites for hydroxylation is 1. The molecule has 0 aromatic carbocycles. The zero-order chi connectivity index (χ0) is 23.4. The molecule has 1 saturated heterocycles. The van der Waals surface area contributed by atoms with Crippen molar-refractivity contribution in [1.82, 2.24) is 19.9 Å². The molecule has 7 nitrogen and oxygen atoms in total. The normalized spacial score (nSPS) is 18.6. The maximum atomic E-state index is 13.5. The summed E-state index contributed by atoms with van der Waals surface area (Å²) in [7, 11) is 0. The Hall–Kier alpha value is -3.48. The van der Waals surface area contributed by atoms with Crippen LogP contribution in [0.1, 0.15) is 69.1 Å². The lowest BCUT2D eigenvalue weighted by Gasteiger charge is -2.42. The van der Waals surface area contributed by atoms with Gasteiger partial charge in [0.2, 0.25) is 11.8 Å². The van der Waals surface area contributed by atoms with E-state index in [1.54, 1.807) is 24.5 Å². The van der Waals surface area contributed by atoms with E-state index >= 15 is 0 Å². The predicted molar refractivity (Wildman–Crippen MR) is 125 cm³/mol. The molecule has 0 radical (unpaired) electrons. The van der Waals surface area contributed by atoms with Crippen LogP contribution in [-0.4, -0.2) is 31.5 Å². The summed E-state index contributed by atoms with van der Waals surface area (Å²) in [6.45, 7) is 7.66. The van der Waals surface area contributed by atoms with Gasteiger partial charge in [-0.2, -0.15) is 0 Å². The monoisotopic (exact) mass is 446 g/mol. The number of rotatable bonds is 4. The molecule has 1 amide bonds. The lowest BCUT2D eigenvalue weighted by atomic mass is 9.90. The Morgan fingerprint density at radius 1 is 0.939 bits per heavy atom. The Kier molecular flexibility index (Phi) is 6.58. The summed E-state index contributed by atoms with van der Waals surface area (Å²) in [6, 6.07) is 14.6. The maximum absolute atomic E-state index is 13.5. The first-order valence-electron chi connectivity index (χ1n) is 11.3. The maximum Gasteiger partial charge on any atom is 0.411 e. The van der Waals surface area contributed by atoms with E-state index in [2.05, 4.69) is 9.97 Å². The molecule has 4 heterocycles. The van der Waals surface area contributed by atoms with Crippen LogP contribution < -0.4 is 4.74 Å². The van der Waals surface area contributed by atoms with Crippen molar-refractivity contribution >= 4 is 6.09 Å². The van der Waals surface area contributed by atoms with Gasteiger partial charge in [0, 0.05) is 24.5 Å². The smallest absolute Gasteiger partial charge is 0.411 e. The minimum Gasteiger partial charge on any atom is -0.444 e. The SMILES string of the molecule is Cc1cccnc1C1CCCC(c2cccc(Oc3ccccn3)n2)N1C(=O)OC(C)(C)C. The third-order valence-corrected chi connectivity index (χ3v) is 5.53. The highest BCUT2D eigenvalue weighted by atomic mass is 16.6. The fourth-order valence-electron chi connectivity index (χ4n) is 4.16. The lowest BCUT2D eigenvalue weighted by molar-refractivity contribution is -0.00810. The topological polar surface area (TPSA) is 77.4 Å². The van der Waals surface area contributed by atoms with Gasteiger partial charge in [-0.15, -0.1) is 0 Å². The second-order valence-electron chi connectivity index (χ2n) is 9.23. The van der Waals surface area contributed by atoms with Gasteiger partial charge in [0.05, 0.1) is 23.5 Å². The van der Waals surface area contributed by atoms with Gasteiger partial charge in [-0.3, -0.25) is 9.88 Å². The summed E-state index contributed by atoms with van der Waals surface area (Å²) in [6.07, 6.45) is 5.63. The van der Waals surface area contributed by atoms with E-state index in [0.717, 1.165) is 36.2 Å². The molecule has 7 heteroatoms. The van der Waals surface area contributed by atoms with Gasteiger partial charge in [-0.25, -0.2) is 14.8 Å². The average Bonchev–Trinajstić information content (AvgIpc) is 2.79. The zero-order valence-electron chi connectivity index (χ0n) is 19.6. The molecular weight excluding hydrogens is 416 g/mol. The average molecular weight is 447 g/mol. The van der Waals surface area contributed by atoms with Crippen molar-refractivity contribution in [2.45, 2.75) is 64.6 Å². The molecule has 1 aliphatic heterocycles. The number of hydrogen-bond donors (Lipinski definition) is 0. The van der Waals surface area contributed by atoms with Crippen LogP contribution in [-0.2, 0) is 4.74 Å². The number of likely N-dealkylation sites (tertiary alicyclic amines) is 1. The molecule has 4 rings (SSSR count). The highest BCUT2D eigenvalue weighted by Gasteiger charge is 2.40. The minimum absolute atomic E-state index is 0.193. The summed E-state index contributed by atoms with van der Waals surface area (Å²) >= 11 is 0. The Morgan fingerprint density at radius 3 is 2.42 bits per heavy atom. The molecule has 0 N–H and O–H groups in total. The standard InChI is InChI=1S/C26H30N4O3/c1-18-10-9-17-28-24(18)21-13-8-12-20(30(21)25(31)33-26(2,3)4)19-11-7-15-23(29-19)32-22-14-5-6-16-27-22/h5-7,9-11,14-17,20-21H,8,12-13H2,1-4H3. The molecule has 1 aliphatic rings. The van der Waals surface area contributed by atoms with Crippen LogP contribution in [0, 0.1) is 6.92 Å². The van der Waals surface area contributed by atoms with Gasteiger partial charge in [0.15, 0.2) is 0 Å². The Labute approximate surface area is 194 Å². The molecule has 0 spiro atoms. The van der Waals surface area contributed by atoms with Crippen LogP contribution in [0.3, 0.4) is 0 Å². The van der Waals surface area contributed by atoms with E-state index in [4.69, 9.17) is 14.5 Å². The number of nitrogens with zero attached hydrogens (tertiary/aromatic N) is 4. The quantitative estimate of drug-likeness (QED) is 0.476. The molecule has 172 valence electrons. The van der Waals surface area contributed by atoms with Crippen molar-refractivity contribution in [2.24, 2.45) is 0 Å². The molecular formula is C26H30N4O3. The zero-order valence-corrected chi connectivity index (χ0v) is 19.6. The summed E-state index contributed by atoms with van der Waals surface area (Å²) < 4.78 is 11.7. The van der Waals surface area contributed by atoms with Crippen LogP contribution >= 0.6 is 0 Å². The summed E-state index contributed by atoms with van der Waals surface area (Å²) in [5, 5.41) is 0. The predicted octanol–water partition coefficient (Wildman–Crippen LogP) is 6.18. The first kappa shape index (κ1) is 22.7. The number of carbonyl (C=O) groups is 1. The van der Waals surface area contributed by atoms with E-state index in [1.165, 1.54) is 0 Å². The van der Waals surface area contributed by atoms with Crippen molar-refractivity contribution in [3.63, 3.8) is 0 Å². The number of piperidine rings is 1. The third-order valence-electron chi connectivity index (χ3n) is 5.53. The number of hydrogen-bond acceptors (Lipinski definition) is 6. The van der Waals surface area contributed by atoms with E-state index < -0.39 is 5.60 Å². The number of amides is 1. The summed E-state index contributed by atoms with van der Waals surface area (Å²) in [5.41, 5.74) is 2.10. The molecule has 3 aromatic rings. The van der Waals surface area contributed by atoms with Gasteiger partial charge in [0.25, 0.3) is 0 Å². The van der Waals surface area contributed by atoms with Crippen molar-refractivity contribution in [3.05, 3.63) is 77.9 Å². The molecule has 3 aromatic heterocycles. The van der Waals surface area contributed by atoms with Crippen LogP contribution in [0.4, 0.5) is 4.79 Å². The lowest BCUT2D eigenvalue weighted by Crippen LogP contribution is -2.44. The molecule has 0 aliphatic carbocycles. The first-order chi connectivity index (χ1) is 15.8. The second kappa shape index (κ2) is 9.57. The Balaban J connectivity index is 1.70. The van der Waals surface area contributed by atoms with E-state index in [0.29, 0.717) is 11.8 Å². The van der Waals surface area contributed by atoms with Crippen molar-refractivity contribution < 1.29 is 14.3 Å². The van der Waals surface area contributed by atoms with Crippen LogP contribution in [0.15, 0.2) is 60.9 Å². The fraction of sp³-hybridized carbons (Fsp3) is 0.385. The number of pyridine rings is 3. The van der Waals surface area contributed by atoms with Crippen molar-refractivity contribution in [3.8, 4) is 11.8 Å². The van der Waals surface area contributed by atoms with Crippen molar-refractivity contribution in [2.75, 3.05) is 0 Å². The number of carbonyl (C=O) groups excluding carboxylic acids is 1. The molecule has 0 bridgehead atoms. The molecule has 2 atom stereocenters. The molecule has 33 heavy (non-hydrogen) atoms. The number of aromatic nitrogens is 3. The highest BCUT2D eigenvalue weighted by Crippen LogP contribution is 2.42. The van der Waals surface area contributed by atoms with Gasteiger partial charge in [-0.1, -0.05) is 18.2 Å². The molecule has 0 saturated carbocycles. The van der Waals surface area contributed by atoms with Gasteiger partial charge in [0.1, 0.15) is 5.60 Å². The Bertz CT molecular complexity index is 1100.